The second-order valence-electron chi connectivity index (χ2n) is 4.49. The minimum absolute atomic E-state index is 0.0711. The normalized spacial score (nSPS) is 10.3. The topological polar surface area (TPSA) is 45.2 Å². The lowest BCUT2D eigenvalue weighted by atomic mass is 10.2. The Morgan fingerprint density at radius 1 is 1.32 bits per heavy atom. The third kappa shape index (κ3) is 3.54. The van der Waals surface area contributed by atoms with Gasteiger partial charge in [-0.2, -0.15) is 0 Å². The predicted octanol–water partition coefficient (Wildman–Crippen LogP) is 2.45. The number of nitrogens with one attached hydrogen (secondary N) is 1. The van der Waals surface area contributed by atoms with E-state index < -0.39 is 0 Å². The second kappa shape index (κ2) is 5.84. The summed E-state index contributed by atoms with van der Waals surface area (Å²) in [6, 6.07) is 7.53. The van der Waals surface area contributed by atoms with E-state index in [2.05, 4.69) is 10.3 Å². The molecule has 5 heteroatoms. The fraction of sp³-hybridized carbons (Fsp3) is 0.286. The van der Waals surface area contributed by atoms with Crippen LogP contribution in [0.1, 0.15) is 20.2 Å². The molecule has 0 fully saturated rings. The lowest BCUT2D eigenvalue weighted by Crippen LogP contribution is -2.22. The van der Waals surface area contributed by atoms with Crippen molar-refractivity contribution in [1.82, 2.24) is 10.3 Å². The number of benzene rings is 1. The van der Waals surface area contributed by atoms with Crippen molar-refractivity contribution in [2.75, 3.05) is 19.0 Å². The van der Waals surface area contributed by atoms with Gasteiger partial charge in [0.25, 0.3) is 5.91 Å². The fourth-order valence-corrected chi connectivity index (χ4v) is 2.38. The molecule has 0 saturated heterocycles. The highest BCUT2D eigenvalue weighted by molar-refractivity contribution is 7.11. The van der Waals surface area contributed by atoms with Gasteiger partial charge in [0.05, 0.1) is 6.54 Å². The molecule has 100 valence electrons. The molecule has 0 radical (unpaired) electrons. The maximum Gasteiger partial charge on any atom is 0.251 e. The Morgan fingerprint density at radius 2 is 2.00 bits per heavy atom. The first-order valence-electron chi connectivity index (χ1n) is 6.03. The summed E-state index contributed by atoms with van der Waals surface area (Å²) in [4.78, 5) is 19.3. The molecule has 2 rings (SSSR count). The van der Waals surface area contributed by atoms with Crippen LogP contribution in [0.5, 0.6) is 0 Å². The lowest BCUT2D eigenvalue weighted by Gasteiger charge is -2.12. The number of hydrogen-bond acceptors (Lipinski definition) is 4. The van der Waals surface area contributed by atoms with Crippen LogP contribution in [0.3, 0.4) is 0 Å². The Balaban J connectivity index is 1.96. The Bertz CT molecular complexity index is 560. The Morgan fingerprint density at radius 3 is 2.53 bits per heavy atom. The van der Waals surface area contributed by atoms with Crippen LogP contribution in [0, 0.1) is 6.92 Å². The summed E-state index contributed by atoms with van der Waals surface area (Å²) in [5.74, 6) is -0.0711. The molecule has 19 heavy (non-hydrogen) atoms. The molecule has 2 aromatic rings. The van der Waals surface area contributed by atoms with Gasteiger partial charge in [-0.25, -0.2) is 4.98 Å². The molecular weight excluding hydrogens is 258 g/mol. The van der Waals surface area contributed by atoms with Crippen molar-refractivity contribution in [3.05, 3.63) is 45.9 Å². The number of anilines is 1. The maximum absolute atomic E-state index is 12.0. The summed E-state index contributed by atoms with van der Waals surface area (Å²) in [6.07, 6.45) is 1.82. The van der Waals surface area contributed by atoms with E-state index in [1.807, 2.05) is 56.4 Å². The quantitative estimate of drug-likeness (QED) is 0.932. The Labute approximate surface area is 117 Å². The zero-order chi connectivity index (χ0) is 13.8. The molecular formula is C14H17N3OS. The summed E-state index contributed by atoms with van der Waals surface area (Å²) >= 11 is 1.60. The van der Waals surface area contributed by atoms with E-state index in [9.17, 15) is 4.79 Å². The van der Waals surface area contributed by atoms with E-state index in [0.29, 0.717) is 12.1 Å². The molecule has 0 unspecified atom stereocenters. The summed E-state index contributed by atoms with van der Waals surface area (Å²) in [6.45, 7) is 2.48. The molecule has 1 amide bonds. The van der Waals surface area contributed by atoms with Gasteiger partial charge in [0.15, 0.2) is 0 Å². The largest absolute Gasteiger partial charge is 0.378 e. The van der Waals surface area contributed by atoms with Crippen molar-refractivity contribution >= 4 is 22.9 Å². The minimum Gasteiger partial charge on any atom is -0.378 e. The van der Waals surface area contributed by atoms with Crippen molar-refractivity contribution in [3.8, 4) is 0 Å². The first-order valence-corrected chi connectivity index (χ1v) is 6.85. The van der Waals surface area contributed by atoms with Gasteiger partial charge in [-0.15, -0.1) is 11.3 Å². The third-order valence-corrected chi connectivity index (χ3v) is 3.63. The SMILES string of the molecule is Cc1cnc(CNC(=O)c2ccc(N(C)C)cc2)s1. The van der Waals surface area contributed by atoms with Crippen LogP contribution in [-0.4, -0.2) is 25.0 Å². The number of amides is 1. The molecule has 1 aromatic carbocycles. The van der Waals surface area contributed by atoms with Crippen LogP contribution < -0.4 is 10.2 Å². The third-order valence-electron chi connectivity index (χ3n) is 2.72. The number of thiazole rings is 1. The zero-order valence-corrected chi connectivity index (χ0v) is 12.1. The molecule has 1 N–H and O–H groups in total. The number of rotatable bonds is 4. The summed E-state index contributed by atoms with van der Waals surface area (Å²) < 4.78 is 0. The Kier molecular flexibility index (Phi) is 4.16. The van der Waals surface area contributed by atoms with Gasteiger partial charge in [-0.05, 0) is 31.2 Å². The van der Waals surface area contributed by atoms with Crippen LogP contribution in [0.2, 0.25) is 0 Å². The summed E-state index contributed by atoms with van der Waals surface area (Å²) in [5.41, 5.74) is 1.74. The van der Waals surface area contributed by atoms with E-state index in [-0.39, 0.29) is 5.91 Å². The highest BCUT2D eigenvalue weighted by atomic mass is 32.1. The molecule has 0 aliphatic rings. The predicted molar refractivity (Wildman–Crippen MR) is 78.8 cm³/mol. The minimum atomic E-state index is -0.0711. The average molecular weight is 275 g/mol. The van der Waals surface area contributed by atoms with Gasteiger partial charge in [0.1, 0.15) is 5.01 Å². The number of aromatic nitrogens is 1. The molecule has 0 aliphatic heterocycles. The summed E-state index contributed by atoms with van der Waals surface area (Å²) in [5, 5.41) is 3.80. The average Bonchev–Trinajstić information content (AvgIpc) is 2.82. The molecule has 0 saturated carbocycles. The number of hydrogen-bond donors (Lipinski definition) is 1. The van der Waals surface area contributed by atoms with E-state index in [4.69, 9.17) is 0 Å². The van der Waals surface area contributed by atoms with Gasteiger partial charge in [-0.3, -0.25) is 4.79 Å². The molecule has 0 bridgehead atoms. The van der Waals surface area contributed by atoms with Crippen molar-refractivity contribution in [3.63, 3.8) is 0 Å². The maximum atomic E-state index is 12.0. The molecule has 0 aliphatic carbocycles. The van der Waals surface area contributed by atoms with E-state index in [1.165, 1.54) is 0 Å². The summed E-state index contributed by atoms with van der Waals surface area (Å²) in [7, 11) is 3.94. The highest BCUT2D eigenvalue weighted by Gasteiger charge is 2.07. The van der Waals surface area contributed by atoms with Crippen molar-refractivity contribution < 1.29 is 4.79 Å². The molecule has 1 heterocycles. The van der Waals surface area contributed by atoms with Crippen molar-refractivity contribution in [2.45, 2.75) is 13.5 Å². The van der Waals surface area contributed by atoms with Gasteiger partial charge in [0.2, 0.25) is 0 Å². The van der Waals surface area contributed by atoms with Gasteiger partial charge >= 0.3 is 0 Å². The van der Waals surface area contributed by atoms with E-state index >= 15 is 0 Å². The number of aryl methyl sites for hydroxylation is 1. The van der Waals surface area contributed by atoms with E-state index in [1.54, 1.807) is 11.3 Å². The second-order valence-corrected chi connectivity index (χ2v) is 5.81. The van der Waals surface area contributed by atoms with Gasteiger partial charge in [0, 0.05) is 36.4 Å². The van der Waals surface area contributed by atoms with Crippen molar-refractivity contribution in [2.24, 2.45) is 0 Å². The first kappa shape index (κ1) is 13.5. The zero-order valence-electron chi connectivity index (χ0n) is 11.3. The molecule has 4 nitrogen and oxygen atoms in total. The van der Waals surface area contributed by atoms with E-state index in [0.717, 1.165) is 15.6 Å². The number of carbonyl (C=O) groups is 1. The molecule has 0 atom stereocenters. The fourth-order valence-electron chi connectivity index (χ4n) is 1.65. The van der Waals surface area contributed by atoms with Crippen LogP contribution in [0.4, 0.5) is 5.69 Å². The van der Waals surface area contributed by atoms with Gasteiger partial charge in [-0.1, -0.05) is 0 Å². The van der Waals surface area contributed by atoms with Crippen molar-refractivity contribution in [1.29, 1.82) is 0 Å². The molecule has 1 aromatic heterocycles. The monoisotopic (exact) mass is 275 g/mol. The molecule has 0 spiro atoms. The smallest absolute Gasteiger partial charge is 0.251 e. The van der Waals surface area contributed by atoms with Crippen LogP contribution in [0.15, 0.2) is 30.5 Å². The first-order chi connectivity index (χ1) is 9.06. The van der Waals surface area contributed by atoms with Crippen LogP contribution in [-0.2, 0) is 6.54 Å². The highest BCUT2D eigenvalue weighted by Crippen LogP contribution is 2.13. The Hall–Kier alpha value is -1.88. The standard InChI is InChI=1S/C14H17N3OS/c1-10-8-15-13(19-10)9-16-14(18)11-4-6-12(7-5-11)17(2)3/h4-8H,9H2,1-3H3,(H,16,18). The number of carbonyl (C=O) groups excluding carboxylic acids is 1. The van der Waals surface area contributed by atoms with Crippen LogP contribution >= 0.6 is 11.3 Å². The van der Waals surface area contributed by atoms with Gasteiger partial charge < -0.3 is 10.2 Å². The van der Waals surface area contributed by atoms with Crippen LogP contribution in [0.25, 0.3) is 0 Å². The number of nitrogens with zero attached hydrogens (tertiary/aromatic N) is 2. The lowest BCUT2D eigenvalue weighted by molar-refractivity contribution is 0.0951.